The minimum atomic E-state index is -0.0735. The summed E-state index contributed by atoms with van der Waals surface area (Å²) in [5, 5.41) is 5.80. The van der Waals surface area contributed by atoms with Crippen LogP contribution in [-0.4, -0.2) is 49.7 Å². The lowest BCUT2D eigenvalue weighted by atomic mass is 10.3. The molecule has 7 heteroatoms. The van der Waals surface area contributed by atoms with Crippen LogP contribution in [0.25, 0.3) is 0 Å². The molecule has 7 nitrogen and oxygen atoms in total. The highest BCUT2D eigenvalue weighted by molar-refractivity contribution is 5.81. The average molecular weight is 281 g/mol. The van der Waals surface area contributed by atoms with Crippen LogP contribution < -0.4 is 20.3 Å². The smallest absolute Gasteiger partial charge is 0.239 e. The number of methoxy groups -OCH3 is 1. The van der Waals surface area contributed by atoms with Crippen molar-refractivity contribution < 1.29 is 9.53 Å². The van der Waals surface area contributed by atoms with Crippen molar-refractivity contribution in [1.29, 1.82) is 0 Å². The Labute approximate surface area is 119 Å². The van der Waals surface area contributed by atoms with Crippen molar-refractivity contribution in [3.8, 4) is 5.75 Å². The minimum Gasteiger partial charge on any atom is -0.490 e. The van der Waals surface area contributed by atoms with E-state index in [9.17, 15) is 4.79 Å². The van der Waals surface area contributed by atoms with E-state index < -0.39 is 0 Å². The van der Waals surface area contributed by atoms with Gasteiger partial charge in [-0.15, -0.1) is 0 Å². The van der Waals surface area contributed by atoms with Crippen LogP contribution in [0, 0.1) is 0 Å². The highest BCUT2D eigenvalue weighted by Gasteiger charge is 2.18. The van der Waals surface area contributed by atoms with Crippen LogP contribution in [0.5, 0.6) is 5.75 Å². The normalized spacial score (nSPS) is 10.0. The molecule has 0 saturated carbocycles. The van der Waals surface area contributed by atoms with E-state index in [1.165, 1.54) is 6.33 Å². The van der Waals surface area contributed by atoms with E-state index in [0.29, 0.717) is 23.9 Å². The number of amides is 1. The first-order chi connectivity index (χ1) is 9.67. The summed E-state index contributed by atoms with van der Waals surface area (Å²) in [4.78, 5) is 21.8. The number of nitrogens with one attached hydrogen (secondary N) is 2. The number of anilines is 2. The maximum Gasteiger partial charge on any atom is 0.239 e. The summed E-state index contributed by atoms with van der Waals surface area (Å²) in [6.45, 7) is 5.71. The Morgan fingerprint density at radius 3 is 2.70 bits per heavy atom. The quantitative estimate of drug-likeness (QED) is 0.736. The van der Waals surface area contributed by atoms with Crippen LogP contribution >= 0.6 is 0 Å². The highest BCUT2D eigenvalue weighted by Crippen LogP contribution is 2.31. The van der Waals surface area contributed by atoms with E-state index in [0.717, 1.165) is 13.0 Å². The SMILES string of the molecule is CCCNc1ncnc(N(CC)CC(=O)NC)c1OC. The summed E-state index contributed by atoms with van der Waals surface area (Å²) >= 11 is 0. The molecule has 1 heterocycles. The summed E-state index contributed by atoms with van der Waals surface area (Å²) in [6.07, 6.45) is 2.46. The van der Waals surface area contributed by atoms with Gasteiger partial charge >= 0.3 is 0 Å². The molecule has 0 atom stereocenters. The molecular weight excluding hydrogens is 258 g/mol. The molecule has 2 N–H and O–H groups in total. The predicted molar refractivity (Wildman–Crippen MR) is 79.3 cm³/mol. The van der Waals surface area contributed by atoms with E-state index in [-0.39, 0.29) is 12.5 Å². The zero-order valence-corrected chi connectivity index (χ0v) is 12.6. The number of carbonyl (C=O) groups excluding carboxylic acids is 1. The van der Waals surface area contributed by atoms with Crippen molar-refractivity contribution >= 4 is 17.5 Å². The van der Waals surface area contributed by atoms with Crippen molar-refractivity contribution in [1.82, 2.24) is 15.3 Å². The van der Waals surface area contributed by atoms with Gasteiger partial charge in [-0.3, -0.25) is 4.79 Å². The van der Waals surface area contributed by atoms with Crippen molar-refractivity contribution in [2.45, 2.75) is 20.3 Å². The van der Waals surface area contributed by atoms with Gasteiger partial charge in [-0.2, -0.15) is 0 Å². The molecule has 1 amide bonds. The molecule has 0 aliphatic carbocycles. The van der Waals surface area contributed by atoms with E-state index in [4.69, 9.17) is 4.74 Å². The number of aromatic nitrogens is 2. The maximum absolute atomic E-state index is 11.6. The van der Waals surface area contributed by atoms with E-state index in [2.05, 4.69) is 27.5 Å². The molecule has 20 heavy (non-hydrogen) atoms. The topological polar surface area (TPSA) is 79.4 Å². The fraction of sp³-hybridized carbons (Fsp3) is 0.615. The molecule has 0 unspecified atom stereocenters. The van der Waals surface area contributed by atoms with Gasteiger partial charge in [-0.25, -0.2) is 9.97 Å². The van der Waals surface area contributed by atoms with Gasteiger partial charge in [0.1, 0.15) is 6.33 Å². The van der Waals surface area contributed by atoms with Gasteiger partial charge in [0, 0.05) is 20.1 Å². The van der Waals surface area contributed by atoms with Crippen LogP contribution in [0.15, 0.2) is 6.33 Å². The van der Waals surface area contributed by atoms with Crippen molar-refractivity contribution in [3.63, 3.8) is 0 Å². The van der Waals surface area contributed by atoms with Crippen LogP contribution in [-0.2, 0) is 4.79 Å². The van der Waals surface area contributed by atoms with Crippen molar-refractivity contribution in [2.24, 2.45) is 0 Å². The molecule has 1 aromatic rings. The lowest BCUT2D eigenvalue weighted by molar-refractivity contribution is -0.119. The van der Waals surface area contributed by atoms with Crippen LogP contribution in [0.3, 0.4) is 0 Å². The Morgan fingerprint density at radius 2 is 2.15 bits per heavy atom. The first kappa shape index (κ1) is 16.0. The Kier molecular flexibility index (Phi) is 6.55. The Balaban J connectivity index is 3.04. The lowest BCUT2D eigenvalue weighted by Gasteiger charge is -2.23. The van der Waals surface area contributed by atoms with Crippen LogP contribution in [0.1, 0.15) is 20.3 Å². The van der Waals surface area contributed by atoms with Gasteiger partial charge in [0.15, 0.2) is 11.6 Å². The molecule has 0 aromatic carbocycles. The Bertz CT molecular complexity index is 439. The number of likely N-dealkylation sites (N-methyl/N-ethyl adjacent to an activating group) is 2. The molecule has 1 aromatic heterocycles. The second kappa shape index (κ2) is 8.19. The lowest BCUT2D eigenvalue weighted by Crippen LogP contribution is -2.36. The van der Waals surface area contributed by atoms with E-state index >= 15 is 0 Å². The minimum absolute atomic E-state index is 0.0735. The number of nitrogens with zero attached hydrogens (tertiary/aromatic N) is 3. The maximum atomic E-state index is 11.6. The van der Waals surface area contributed by atoms with Gasteiger partial charge < -0.3 is 20.3 Å². The van der Waals surface area contributed by atoms with Crippen molar-refractivity contribution in [2.75, 3.05) is 44.0 Å². The number of ether oxygens (including phenoxy) is 1. The number of carbonyl (C=O) groups is 1. The molecule has 112 valence electrons. The fourth-order valence-corrected chi connectivity index (χ4v) is 1.74. The van der Waals surface area contributed by atoms with Gasteiger partial charge in [0.25, 0.3) is 0 Å². The molecule has 0 saturated heterocycles. The molecule has 0 bridgehead atoms. The Hall–Kier alpha value is -2.05. The molecular formula is C13H23N5O2. The summed E-state index contributed by atoms with van der Waals surface area (Å²) in [5.74, 6) is 1.75. The third-order valence-corrected chi connectivity index (χ3v) is 2.83. The largest absolute Gasteiger partial charge is 0.490 e. The summed E-state index contributed by atoms with van der Waals surface area (Å²) in [6, 6.07) is 0. The van der Waals surface area contributed by atoms with Gasteiger partial charge in [-0.1, -0.05) is 6.92 Å². The molecule has 0 fully saturated rings. The van der Waals surface area contributed by atoms with Gasteiger partial charge in [0.2, 0.25) is 11.7 Å². The zero-order valence-electron chi connectivity index (χ0n) is 12.6. The summed E-state index contributed by atoms with van der Waals surface area (Å²) in [5.41, 5.74) is 0. The van der Waals surface area contributed by atoms with Crippen LogP contribution in [0.2, 0.25) is 0 Å². The zero-order chi connectivity index (χ0) is 15.0. The monoisotopic (exact) mass is 281 g/mol. The number of hydrogen-bond donors (Lipinski definition) is 2. The Morgan fingerprint density at radius 1 is 1.40 bits per heavy atom. The number of rotatable bonds is 8. The third kappa shape index (κ3) is 3.97. The second-order valence-corrected chi connectivity index (χ2v) is 4.19. The first-order valence-electron chi connectivity index (χ1n) is 6.76. The first-order valence-corrected chi connectivity index (χ1v) is 6.76. The predicted octanol–water partition coefficient (Wildman–Crippen LogP) is 0.879. The molecule has 0 spiro atoms. The number of hydrogen-bond acceptors (Lipinski definition) is 6. The van der Waals surface area contributed by atoms with Crippen molar-refractivity contribution in [3.05, 3.63) is 6.33 Å². The van der Waals surface area contributed by atoms with E-state index in [1.54, 1.807) is 14.2 Å². The summed E-state index contributed by atoms with van der Waals surface area (Å²) in [7, 11) is 3.19. The standard InChI is InChI=1S/C13H23N5O2/c1-5-7-15-12-11(20-4)13(17-9-16-12)18(6-2)8-10(19)14-3/h9H,5-8H2,1-4H3,(H,14,19)(H,15,16,17). The highest BCUT2D eigenvalue weighted by atomic mass is 16.5. The third-order valence-electron chi connectivity index (χ3n) is 2.83. The molecule has 0 radical (unpaired) electrons. The molecule has 0 aliphatic rings. The van der Waals surface area contributed by atoms with E-state index in [1.807, 2.05) is 11.8 Å². The second-order valence-electron chi connectivity index (χ2n) is 4.19. The molecule has 1 rings (SSSR count). The van der Waals surface area contributed by atoms with Gasteiger partial charge in [-0.05, 0) is 13.3 Å². The van der Waals surface area contributed by atoms with Gasteiger partial charge in [0.05, 0.1) is 13.7 Å². The molecule has 0 aliphatic heterocycles. The summed E-state index contributed by atoms with van der Waals surface area (Å²) < 4.78 is 5.41. The van der Waals surface area contributed by atoms with Crippen LogP contribution in [0.4, 0.5) is 11.6 Å². The fourth-order valence-electron chi connectivity index (χ4n) is 1.74. The average Bonchev–Trinajstić information content (AvgIpc) is 2.49.